The topological polar surface area (TPSA) is 45.5 Å². The second-order valence-corrected chi connectivity index (χ2v) is 6.35. The van der Waals surface area contributed by atoms with Gasteiger partial charge < -0.3 is 10.2 Å². The largest absolute Gasteiger partial charge is 0.357 e. The Morgan fingerprint density at radius 1 is 1.50 bits per heavy atom. The Morgan fingerprint density at radius 2 is 2.30 bits per heavy atom. The van der Waals surface area contributed by atoms with Crippen LogP contribution in [0.25, 0.3) is 0 Å². The molecule has 20 heavy (non-hydrogen) atoms. The molecular weight excluding hydrogens is 250 g/mol. The zero-order valence-corrected chi connectivity index (χ0v) is 13.2. The van der Waals surface area contributed by atoms with E-state index in [1.165, 1.54) is 12.0 Å². The lowest BCUT2D eigenvalue weighted by Gasteiger charge is -2.23. The Hall–Kier alpha value is -1.52. The molecule has 2 heterocycles. The van der Waals surface area contributed by atoms with Crippen LogP contribution in [0.2, 0.25) is 0 Å². The summed E-state index contributed by atoms with van der Waals surface area (Å²) in [5.41, 5.74) is 1.59. The van der Waals surface area contributed by atoms with Crippen LogP contribution >= 0.6 is 0 Å². The van der Waals surface area contributed by atoms with Gasteiger partial charge in [0.15, 0.2) is 5.96 Å². The molecule has 0 bridgehead atoms. The maximum atomic E-state index is 4.74. The van der Waals surface area contributed by atoms with Crippen molar-refractivity contribution in [2.24, 2.45) is 10.4 Å². The van der Waals surface area contributed by atoms with E-state index < -0.39 is 0 Å². The normalized spacial score (nSPS) is 18.6. The van der Waals surface area contributed by atoms with Crippen molar-refractivity contribution < 1.29 is 0 Å². The molecule has 0 spiro atoms. The second-order valence-electron chi connectivity index (χ2n) is 6.35. The van der Waals surface area contributed by atoms with Crippen LogP contribution in [0, 0.1) is 12.3 Å². The molecule has 112 valence electrons. The Balaban J connectivity index is 1.92. The fourth-order valence-corrected chi connectivity index (χ4v) is 2.57. The minimum atomic E-state index is 0.398. The van der Waals surface area contributed by atoms with Gasteiger partial charge in [-0.2, -0.15) is 5.10 Å². The number of hydrogen-bond acceptors (Lipinski definition) is 2. The number of nitrogens with one attached hydrogen (secondary N) is 1. The third kappa shape index (κ3) is 3.99. The zero-order valence-electron chi connectivity index (χ0n) is 13.2. The molecule has 5 nitrogen and oxygen atoms in total. The molecule has 0 unspecified atom stereocenters. The van der Waals surface area contributed by atoms with Crippen LogP contribution < -0.4 is 5.32 Å². The number of likely N-dealkylation sites (tertiary alicyclic amines) is 1. The van der Waals surface area contributed by atoms with Gasteiger partial charge in [0, 0.05) is 25.8 Å². The molecule has 1 fully saturated rings. The molecule has 1 aliphatic heterocycles. The first-order chi connectivity index (χ1) is 9.50. The van der Waals surface area contributed by atoms with E-state index in [0.29, 0.717) is 5.41 Å². The lowest BCUT2D eigenvalue weighted by atomic mass is 9.93. The standard InChI is InChI=1S/C15H27N5/c1-5-16-14(19-8-6-15(3,4)12-19)17-7-9-20-11-13(2)10-18-20/h10-11H,5-9,12H2,1-4H3,(H,16,17). The van der Waals surface area contributed by atoms with E-state index in [1.807, 2.05) is 10.9 Å². The van der Waals surface area contributed by atoms with E-state index in [2.05, 4.69) is 49.2 Å². The first-order valence-corrected chi connectivity index (χ1v) is 7.52. The predicted molar refractivity (Wildman–Crippen MR) is 82.9 cm³/mol. The van der Waals surface area contributed by atoms with Crippen LogP contribution in [0.15, 0.2) is 17.4 Å². The fraction of sp³-hybridized carbons (Fsp3) is 0.733. The van der Waals surface area contributed by atoms with Gasteiger partial charge in [0.2, 0.25) is 0 Å². The van der Waals surface area contributed by atoms with Gasteiger partial charge in [0.05, 0.1) is 19.3 Å². The van der Waals surface area contributed by atoms with Crippen molar-refractivity contribution in [2.45, 2.75) is 40.7 Å². The third-order valence-electron chi connectivity index (χ3n) is 3.66. The quantitative estimate of drug-likeness (QED) is 0.675. The maximum absolute atomic E-state index is 4.74. The van der Waals surface area contributed by atoms with Crippen molar-refractivity contribution >= 4 is 5.96 Å². The molecule has 1 aromatic heterocycles. The highest BCUT2D eigenvalue weighted by atomic mass is 15.3. The first kappa shape index (κ1) is 14.9. The average Bonchev–Trinajstić information content (AvgIpc) is 2.94. The van der Waals surface area contributed by atoms with Crippen molar-refractivity contribution in [3.8, 4) is 0 Å². The highest BCUT2D eigenvalue weighted by molar-refractivity contribution is 5.80. The minimum absolute atomic E-state index is 0.398. The van der Waals surface area contributed by atoms with Crippen LogP contribution in [0.4, 0.5) is 0 Å². The van der Waals surface area contributed by atoms with E-state index in [0.717, 1.165) is 38.7 Å². The minimum Gasteiger partial charge on any atom is -0.357 e. The van der Waals surface area contributed by atoms with Gasteiger partial charge in [-0.3, -0.25) is 9.67 Å². The summed E-state index contributed by atoms with van der Waals surface area (Å²) in [5.74, 6) is 1.04. The average molecular weight is 277 g/mol. The summed E-state index contributed by atoms with van der Waals surface area (Å²) in [5, 5.41) is 7.69. The molecule has 0 aromatic carbocycles. The Kier molecular flexibility index (Phi) is 4.68. The van der Waals surface area contributed by atoms with Crippen molar-refractivity contribution in [1.29, 1.82) is 0 Å². The summed E-state index contributed by atoms with van der Waals surface area (Å²) in [4.78, 5) is 7.11. The highest BCUT2D eigenvalue weighted by Gasteiger charge is 2.30. The van der Waals surface area contributed by atoms with Crippen LogP contribution in [-0.4, -0.2) is 46.8 Å². The number of aromatic nitrogens is 2. The lowest BCUT2D eigenvalue weighted by molar-refractivity contribution is 0.370. The summed E-state index contributed by atoms with van der Waals surface area (Å²) >= 11 is 0. The predicted octanol–water partition coefficient (Wildman–Crippen LogP) is 1.89. The highest BCUT2D eigenvalue weighted by Crippen LogP contribution is 2.28. The third-order valence-corrected chi connectivity index (χ3v) is 3.66. The Morgan fingerprint density at radius 3 is 2.85 bits per heavy atom. The van der Waals surface area contributed by atoms with E-state index in [9.17, 15) is 0 Å². The molecule has 1 saturated heterocycles. The van der Waals surface area contributed by atoms with Crippen LogP contribution in [-0.2, 0) is 6.54 Å². The van der Waals surface area contributed by atoms with Crippen LogP contribution in [0.3, 0.4) is 0 Å². The Bertz CT molecular complexity index is 461. The molecule has 0 aliphatic carbocycles. The summed E-state index contributed by atoms with van der Waals surface area (Å²) in [6.07, 6.45) is 5.18. The van der Waals surface area contributed by atoms with E-state index in [4.69, 9.17) is 4.99 Å². The number of nitrogens with zero attached hydrogens (tertiary/aromatic N) is 4. The van der Waals surface area contributed by atoms with Gasteiger partial charge in [0.25, 0.3) is 0 Å². The lowest BCUT2D eigenvalue weighted by Crippen LogP contribution is -2.41. The number of rotatable bonds is 4. The summed E-state index contributed by atoms with van der Waals surface area (Å²) in [7, 11) is 0. The fourth-order valence-electron chi connectivity index (χ4n) is 2.57. The van der Waals surface area contributed by atoms with Gasteiger partial charge in [-0.05, 0) is 31.2 Å². The molecule has 0 amide bonds. The van der Waals surface area contributed by atoms with Crippen molar-refractivity contribution in [2.75, 3.05) is 26.2 Å². The zero-order chi connectivity index (χ0) is 14.6. The number of hydrogen-bond donors (Lipinski definition) is 1. The van der Waals surface area contributed by atoms with Crippen molar-refractivity contribution in [3.63, 3.8) is 0 Å². The number of guanidine groups is 1. The van der Waals surface area contributed by atoms with Gasteiger partial charge in [-0.25, -0.2) is 0 Å². The first-order valence-electron chi connectivity index (χ1n) is 7.52. The van der Waals surface area contributed by atoms with Crippen LogP contribution in [0.5, 0.6) is 0 Å². The molecule has 1 N–H and O–H groups in total. The number of aliphatic imine (C=N–C) groups is 1. The maximum Gasteiger partial charge on any atom is 0.193 e. The van der Waals surface area contributed by atoms with Gasteiger partial charge in [-0.15, -0.1) is 0 Å². The molecule has 0 radical (unpaired) electrons. The Labute approximate surface area is 122 Å². The number of aryl methyl sites for hydroxylation is 1. The van der Waals surface area contributed by atoms with Crippen LogP contribution in [0.1, 0.15) is 32.8 Å². The molecule has 0 atom stereocenters. The van der Waals surface area contributed by atoms with E-state index >= 15 is 0 Å². The molecule has 0 saturated carbocycles. The monoisotopic (exact) mass is 277 g/mol. The molecule has 1 aliphatic rings. The van der Waals surface area contributed by atoms with Crippen molar-refractivity contribution in [1.82, 2.24) is 20.0 Å². The van der Waals surface area contributed by atoms with Gasteiger partial charge in [0.1, 0.15) is 0 Å². The summed E-state index contributed by atoms with van der Waals surface area (Å²) < 4.78 is 1.95. The van der Waals surface area contributed by atoms with Crippen molar-refractivity contribution in [3.05, 3.63) is 18.0 Å². The summed E-state index contributed by atoms with van der Waals surface area (Å²) in [6, 6.07) is 0. The van der Waals surface area contributed by atoms with Gasteiger partial charge >= 0.3 is 0 Å². The second kappa shape index (κ2) is 6.29. The SMILES string of the molecule is CCNC(=NCCn1cc(C)cn1)N1CCC(C)(C)C1. The van der Waals surface area contributed by atoms with E-state index in [-0.39, 0.29) is 0 Å². The molecule has 2 rings (SSSR count). The molecular formula is C15H27N5. The summed E-state index contributed by atoms with van der Waals surface area (Å²) in [6.45, 7) is 13.5. The smallest absolute Gasteiger partial charge is 0.193 e. The molecule has 5 heteroatoms. The van der Waals surface area contributed by atoms with E-state index in [1.54, 1.807) is 0 Å². The molecule has 1 aromatic rings. The van der Waals surface area contributed by atoms with Gasteiger partial charge in [-0.1, -0.05) is 13.8 Å².